The molecule has 0 fully saturated rings. The number of nitrogens with one attached hydrogen (secondary N) is 2. The summed E-state index contributed by atoms with van der Waals surface area (Å²) in [5, 5.41) is 2.53. The van der Waals surface area contributed by atoms with Gasteiger partial charge >= 0.3 is 0 Å². The van der Waals surface area contributed by atoms with Crippen molar-refractivity contribution in [2.45, 2.75) is 6.92 Å². The highest BCUT2D eigenvalue weighted by Crippen LogP contribution is 2.04. The Morgan fingerprint density at radius 2 is 2.11 bits per heavy atom. The predicted octanol–water partition coefficient (Wildman–Crippen LogP) is -0.171. The smallest absolute Gasteiger partial charge is 0.255 e. The molecule has 98 valence electrons. The van der Waals surface area contributed by atoms with Gasteiger partial charge in [-0.05, 0) is 6.07 Å². The molecular formula is C12H17N3O3. The van der Waals surface area contributed by atoms with Crippen LogP contribution >= 0.6 is 0 Å². The quantitative estimate of drug-likeness (QED) is 0.779. The zero-order valence-corrected chi connectivity index (χ0v) is 10.7. The Labute approximate surface area is 105 Å². The number of H-pyrrole nitrogens is 1. The van der Waals surface area contributed by atoms with Crippen molar-refractivity contribution in [3.63, 3.8) is 0 Å². The van der Waals surface area contributed by atoms with Crippen molar-refractivity contribution in [2.24, 2.45) is 5.92 Å². The van der Waals surface area contributed by atoms with Crippen LogP contribution in [-0.2, 0) is 4.79 Å². The lowest BCUT2D eigenvalue weighted by atomic mass is 10.1. The van der Waals surface area contributed by atoms with Gasteiger partial charge in [0.25, 0.3) is 5.91 Å². The van der Waals surface area contributed by atoms with Crippen molar-refractivity contribution in [3.8, 4) is 0 Å². The van der Waals surface area contributed by atoms with Gasteiger partial charge in [-0.15, -0.1) is 0 Å². The molecule has 0 bridgehead atoms. The molecule has 0 spiro atoms. The minimum atomic E-state index is -0.285. The summed E-state index contributed by atoms with van der Waals surface area (Å²) in [6, 6.07) is 2.76. The summed E-state index contributed by atoms with van der Waals surface area (Å²) in [4.78, 5) is 38.1. The van der Waals surface area contributed by atoms with Crippen molar-refractivity contribution < 1.29 is 9.59 Å². The molecular weight excluding hydrogens is 234 g/mol. The Morgan fingerprint density at radius 3 is 2.61 bits per heavy atom. The van der Waals surface area contributed by atoms with Crippen molar-refractivity contribution in [2.75, 3.05) is 20.6 Å². The number of nitrogens with zero attached hydrogens (tertiary/aromatic N) is 1. The van der Waals surface area contributed by atoms with Crippen LogP contribution in [-0.4, -0.2) is 42.3 Å². The number of aromatic amines is 1. The Hall–Kier alpha value is -2.11. The van der Waals surface area contributed by atoms with E-state index in [4.69, 9.17) is 0 Å². The average Bonchev–Trinajstić information content (AvgIpc) is 2.37. The van der Waals surface area contributed by atoms with E-state index in [2.05, 4.69) is 10.3 Å². The van der Waals surface area contributed by atoms with Gasteiger partial charge in [0.15, 0.2) is 0 Å². The molecule has 1 aromatic rings. The first kappa shape index (κ1) is 14.0. The molecule has 1 aromatic heterocycles. The van der Waals surface area contributed by atoms with Crippen molar-refractivity contribution in [1.29, 1.82) is 0 Å². The van der Waals surface area contributed by atoms with Gasteiger partial charge in [0.05, 0.1) is 11.5 Å². The number of carbonyl (C=O) groups excluding carboxylic acids is 2. The lowest BCUT2D eigenvalue weighted by molar-refractivity contribution is -0.124. The van der Waals surface area contributed by atoms with Crippen LogP contribution in [0.3, 0.4) is 0 Å². The molecule has 0 aliphatic rings. The third-order valence-electron chi connectivity index (χ3n) is 2.62. The maximum atomic E-state index is 12.0. The molecule has 2 N–H and O–H groups in total. The molecule has 1 atom stereocenters. The van der Waals surface area contributed by atoms with Gasteiger partial charge in [0, 0.05) is 32.9 Å². The fourth-order valence-corrected chi connectivity index (χ4v) is 1.59. The number of rotatable bonds is 4. The zero-order chi connectivity index (χ0) is 13.7. The third-order valence-corrected chi connectivity index (χ3v) is 2.62. The van der Waals surface area contributed by atoms with E-state index in [0.717, 1.165) is 0 Å². The van der Waals surface area contributed by atoms with Crippen molar-refractivity contribution >= 4 is 11.8 Å². The standard InChI is InChI=1S/C12H17N3O3/c1-8(11(17)13-2)7-15(3)12(18)9-4-5-10(16)14-6-9/h4-6,8H,7H2,1-3H3,(H,13,17)(H,14,16). The van der Waals surface area contributed by atoms with E-state index < -0.39 is 0 Å². The largest absolute Gasteiger partial charge is 0.359 e. The minimum absolute atomic E-state index is 0.115. The van der Waals surface area contributed by atoms with Crippen LogP contribution in [0.1, 0.15) is 17.3 Å². The van der Waals surface area contributed by atoms with E-state index in [1.54, 1.807) is 21.0 Å². The van der Waals surface area contributed by atoms with E-state index in [1.165, 1.54) is 23.2 Å². The molecule has 1 unspecified atom stereocenters. The van der Waals surface area contributed by atoms with Crippen LogP contribution < -0.4 is 10.9 Å². The first-order valence-corrected chi connectivity index (χ1v) is 5.61. The molecule has 1 heterocycles. The predicted molar refractivity (Wildman–Crippen MR) is 67.3 cm³/mol. The first-order valence-electron chi connectivity index (χ1n) is 5.61. The summed E-state index contributed by atoms with van der Waals surface area (Å²) in [5.41, 5.74) is 0.133. The van der Waals surface area contributed by atoms with Gasteiger partial charge in [-0.1, -0.05) is 6.92 Å². The van der Waals surface area contributed by atoms with E-state index in [9.17, 15) is 14.4 Å². The van der Waals surface area contributed by atoms with Crippen LogP contribution in [0.4, 0.5) is 0 Å². The highest BCUT2D eigenvalue weighted by molar-refractivity contribution is 5.94. The Morgan fingerprint density at radius 1 is 1.44 bits per heavy atom. The van der Waals surface area contributed by atoms with Gasteiger partial charge in [-0.25, -0.2) is 0 Å². The van der Waals surface area contributed by atoms with E-state index in [1.807, 2.05) is 0 Å². The molecule has 0 saturated carbocycles. The summed E-state index contributed by atoms with van der Waals surface area (Å²) in [6.07, 6.45) is 1.37. The fourth-order valence-electron chi connectivity index (χ4n) is 1.59. The van der Waals surface area contributed by atoms with Gasteiger partial charge in [0.2, 0.25) is 11.5 Å². The summed E-state index contributed by atoms with van der Waals surface area (Å²) < 4.78 is 0. The molecule has 6 heteroatoms. The summed E-state index contributed by atoms with van der Waals surface area (Å²) in [5.74, 6) is -0.634. The molecule has 1 rings (SSSR count). The Kier molecular flexibility index (Phi) is 4.65. The molecule has 0 aromatic carbocycles. The third kappa shape index (κ3) is 3.44. The number of aromatic nitrogens is 1. The van der Waals surface area contributed by atoms with Crippen LogP contribution in [0, 0.1) is 5.92 Å². The maximum Gasteiger partial charge on any atom is 0.255 e. The normalized spacial score (nSPS) is 11.7. The number of hydrogen-bond acceptors (Lipinski definition) is 3. The topological polar surface area (TPSA) is 82.3 Å². The van der Waals surface area contributed by atoms with E-state index in [-0.39, 0.29) is 23.3 Å². The van der Waals surface area contributed by atoms with Crippen LogP contribution in [0.2, 0.25) is 0 Å². The SMILES string of the molecule is CNC(=O)C(C)CN(C)C(=O)c1ccc(=O)[nH]c1. The van der Waals surface area contributed by atoms with Crippen LogP contribution in [0.5, 0.6) is 0 Å². The zero-order valence-electron chi connectivity index (χ0n) is 10.7. The summed E-state index contributed by atoms with van der Waals surface area (Å²) >= 11 is 0. The average molecular weight is 251 g/mol. The Balaban J connectivity index is 2.69. The highest BCUT2D eigenvalue weighted by Gasteiger charge is 2.18. The van der Waals surface area contributed by atoms with Gasteiger partial charge in [-0.3, -0.25) is 14.4 Å². The van der Waals surface area contributed by atoms with Crippen LogP contribution in [0.15, 0.2) is 23.1 Å². The lowest BCUT2D eigenvalue weighted by Crippen LogP contribution is -2.37. The molecule has 0 aliphatic carbocycles. The second-order valence-electron chi connectivity index (χ2n) is 4.14. The fraction of sp³-hybridized carbons (Fsp3) is 0.417. The van der Waals surface area contributed by atoms with E-state index in [0.29, 0.717) is 12.1 Å². The molecule has 0 saturated heterocycles. The lowest BCUT2D eigenvalue weighted by Gasteiger charge is -2.20. The molecule has 18 heavy (non-hydrogen) atoms. The van der Waals surface area contributed by atoms with Crippen molar-refractivity contribution in [1.82, 2.24) is 15.2 Å². The minimum Gasteiger partial charge on any atom is -0.359 e. The molecule has 0 radical (unpaired) electrons. The number of carbonyl (C=O) groups is 2. The first-order chi connectivity index (χ1) is 8.45. The highest BCUT2D eigenvalue weighted by atomic mass is 16.2. The summed E-state index contributed by atoms with van der Waals surface area (Å²) in [6.45, 7) is 2.06. The maximum absolute atomic E-state index is 12.0. The second-order valence-corrected chi connectivity index (χ2v) is 4.14. The Bertz CT molecular complexity index is 475. The molecule has 6 nitrogen and oxygen atoms in total. The monoisotopic (exact) mass is 251 g/mol. The molecule has 2 amide bonds. The van der Waals surface area contributed by atoms with Gasteiger partial charge in [0.1, 0.15) is 0 Å². The van der Waals surface area contributed by atoms with Gasteiger partial charge in [-0.2, -0.15) is 0 Å². The van der Waals surface area contributed by atoms with Crippen LogP contribution in [0.25, 0.3) is 0 Å². The van der Waals surface area contributed by atoms with Gasteiger partial charge < -0.3 is 15.2 Å². The summed E-state index contributed by atoms with van der Waals surface area (Å²) in [7, 11) is 3.18. The molecule has 0 aliphatic heterocycles. The van der Waals surface area contributed by atoms with E-state index >= 15 is 0 Å². The number of amides is 2. The van der Waals surface area contributed by atoms with Crippen molar-refractivity contribution in [3.05, 3.63) is 34.2 Å². The number of hydrogen-bond donors (Lipinski definition) is 2. The number of pyridine rings is 1. The second kappa shape index (κ2) is 6.00.